The highest BCUT2D eigenvalue weighted by atomic mass is 16.3. The number of rotatable bonds is 6. The highest BCUT2D eigenvalue weighted by Gasteiger charge is 2.39. The summed E-state index contributed by atoms with van der Waals surface area (Å²) in [7, 11) is 0. The molecule has 0 rings (SSSR count). The van der Waals surface area contributed by atoms with Gasteiger partial charge in [0.2, 0.25) is 0 Å². The fraction of sp³-hybridized carbons (Fsp3) is 0.846. The Bertz CT molecular complexity index is 151. The zero-order valence-electron chi connectivity index (χ0n) is 11.0. The molecule has 0 aliphatic rings. The molecule has 2 nitrogen and oxygen atoms in total. The van der Waals surface area contributed by atoms with Crippen LogP contribution in [0, 0.1) is 17.3 Å². The van der Waals surface area contributed by atoms with E-state index < -0.39 is 0 Å². The smallest absolute Gasteiger partial charge is 0.0517 e. The molecule has 0 saturated carbocycles. The minimum absolute atomic E-state index is 0.123. The molecule has 2 atom stereocenters. The molecule has 2 radical (unpaired) electrons. The molecule has 0 aliphatic carbocycles. The second-order valence-corrected chi connectivity index (χ2v) is 5.19. The molecule has 0 fully saturated rings. The van der Waals surface area contributed by atoms with E-state index in [-0.39, 0.29) is 17.6 Å². The molecule has 0 aromatic rings. The van der Waals surface area contributed by atoms with Gasteiger partial charge in [-0.1, -0.05) is 27.7 Å². The Labute approximate surface area is 94.7 Å². The maximum Gasteiger partial charge on any atom is 0.0517 e. The first kappa shape index (κ1) is 14.9. The topological polar surface area (TPSA) is 40.5 Å². The van der Waals surface area contributed by atoms with E-state index in [4.69, 9.17) is 0 Å². The van der Waals surface area contributed by atoms with Crippen molar-refractivity contribution in [2.24, 2.45) is 5.41 Å². The Kier molecular flexibility index (Phi) is 5.82. The lowest BCUT2D eigenvalue weighted by Crippen LogP contribution is -2.37. The minimum Gasteiger partial charge on any atom is -0.393 e. The third-order valence-electron chi connectivity index (χ3n) is 3.20. The van der Waals surface area contributed by atoms with Crippen molar-refractivity contribution >= 4 is 0 Å². The number of hydrogen-bond donors (Lipinski definition) is 2. The lowest BCUT2D eigenvalue weighted by Gasteiger charge is -2.43. The molecule has 2 heteroatoms. The number of aliphatic hydroxyl groups is 2. The van der Waals surface area contributed by atoms with Crippen LogP contribution < -0.4 is 0 Å². The van der Waals surface area contributed by atoms with Gasteiger partial charge in [0.25, 0.3) is 0 Å². The fourth-order valence-electron chi connectivity index (χ4n) is 2.41. The first-order valence-corrected chi connectivity index (χ1v) is 5.69. The minimum atomic E-state index is -0.339. The molecule has 0 aromatic heterocycles. The van der Waals surface area contributed by atoms with Crippen molar-refractivity contribution in [3.63, 3.8) is 0 Å². The summed E-state index contributed by atoms with van der Waals surface area (Å²) in [4.78, 5) is 0. The molecular formula is C13H26O2. The normalized spacial score (nSPS) is 17.2. The van der Waals surface area contributed by atoms with Crippen LogP contribution in [0.2, 0.25) is 0 Å². The predicted octanol–water partition coefficient (Wildman–Crippen LogP) is 2.74. The summed E-state index contributed by atoms with van der Waals surface area (Å²) in [6.07, 6.45) is 0.715. The van der Waals surface area contributed by atoms with Crippen molar-refractivity contribution in [2.75, 3.05) is 0 Å². The van der Waals surface area contributed by atoms with Crippen LogP contribution in [0.4, 0.5) is 0 Å². The van der Waals surface area contributed by atoms with Crippen molar-refractivity contribution in [1.29, 1.82) is 0 Å². The van der Waals surface area contributed by atoms with Crippen molar-refractivity contribution in [1.82, 2.24) is 0 Å². The lowest BCUT2D eigenvalue weighted by atomic mass is 9.63. The standard InChI is InChI=1S/C13H26O2/c1-9(2)13(10(3)4,7-11(5)14)8-12(6)15/h11-12,14-15H,7-8H2,1-6H3. The summed E-state index contributed by atoms with van der Waals surface area (Å²) in [5.41, 5.74) is -0.123. The van der Waals surface area contributed by atoms with Gasteiger partial charge in [0.15, 0.2) is 0 Å². The van der Waals surface area contributed by atoms with Gasteiger partial charge in [-0.2, -0.15) is 0 Å². The van der Waals surface area contributed by atoms with Crippen LogP contribution in [0.3, 0.4) is 0 Å². The zero-order valence-corrected chi connectivity index (χ0v) is 11.0. The van der Waals surface area contributed by atoms with E-state index in [1.807, 2.05) is 13.8 Å². The molecule has 0 heterocycles. The molecule has 2 N–H and O–H groups in total. The third-order valence-corrected chi connectivity index (χ3v) is 3.20. The van der Waals surface area contributed by atoms with Crippen LogP contribution in [-0.2, 0) is 0 Å². The fourth-order valence-corrected chi connectivity index (χ4v) is 2.41. The summed E-state index contributed by atoms with van der Waals surface area (Å²) in [5.74, 6) is 2.54. The average Bonchev–Trinajstić information content (AvgIpc) is 1.99. The first-order valence-electron chi connectivity index (χ1n) is 5.69. The van der Waals surface area contributed by atoms with Gasteiger partial charge in [0.1, 0.15) is 0 Å². The van der Waals surface area contributed by atoms with Gasteiger partial charge in [-0.3, -0.25) is 0 Å². The maximum absolute atomic E-state index is 9.59. The van der Waals surface area contributed by atoms with Gasteiger partial charge in [0, 0.05) is 0 Å². The Morgan fingerprint density at radius 2 is 1.13 bits per heavy atom. The van der Waals surface area contributed by atoms with Gasteiger partial charge >= 0.3 is 0 Å². The quantitative estimate of drug-likeness (QED) is 0.713. The van der Waals surface area contributed by atoms with E-state index in [0.717, 1.165) is 0 Å². The lowest BCUT2D eigenvalue weighted by molar-refractivity contribution is 0.0762. The van der Waals surface area contributed by atoms with E-state index in [1.54, 1.807) is 0 Å². The number of aliphatic hydroxyl groups excluding tert-OH is 2. The average molecular weight is 214 g/mol. The summed E-state index contributed by atoms with van der Waals surface area (Å²) in [6, 6.07) is 0. The van der Waals surface area contributed by atoms with Gasteiger partial charge in [-0.25, -0.2) is 0 Å². The molecule has 0 aromatic carbocycles. The number of hydrogen-bond acceptors (Lipinski definition) is 2. The Hall–Kier alpha value is -0.0800. The SMILES string of the molecule is C[C](C)C(CC(C)O)(CC(C)O)[C](C)C. The Morgan fingerprint density at radius 1 is 0.867 bits per heavy atom. The van der Waals surface area contributed by atoms with Crippen LogP contribution in [0.25, 0.3) is 0 Å². The van der Waals surface area contributed by atoms with Crippen molar-refractivity contribution in [2.45, 2.75) is 66.6 Å². The van der Waals surface area contributed by atoms with E-state index in [0.29, 0.717) is 12.8 Å². The van der Waals surface area contributed by atoms with Crippen LogP contribution >= 0.6 is 0 Å². The molecule has 0 aliphatic heterocycles. The summed E-state index contributed by atoms with van der Waals surface area (Å²) in [6.45, 7) is 11.9. The van der Waals surface area contributed by atoms with Crippen molar-refractivity contribution in [3.8, 4) is 0 Å². The second kappa shape index (κ2) is 5.86. The molecule has 0 spiro atoms. The van der Waals surface area contributed by atoms with Crippen LogP contribution in [0.1, 0.15) is 54.4 Å². The zero-order chi connectivity index (χ0) is 12.2. The maximum atomic E-state index is 9.59. The molecule has 15 heavy (non-hydrogen) atoms. The first-order chi connectivity index (χ1) is 6.72. The second-order valence-electron chi connectivity index (χ2n) is 5.19. The van der Waals surface area contributed by atoms with Gasteiger partial charge in [-0.05, 0) is 43.9 Å². The van der Waals surface area contributed by atoms with E-state index >= 15 is 0 Å². The van der Waals surface area contributed by atoms with Gasteiger partial charge < -0.3 is 10.2 Å². The van der Waals surface area contributed by atoms with E-state index in [2.05, 4.69) is 27.7 Å². The summed E-state index contributed by atoms with van der Waals surface area (Å²) in [5, 5.41) is 19.2. The third kappa shape index (κ3) is 4.12. The highest BCUT2D eigenvalue weighted by Crippen LogP contribution is 2.46. The van der Waals surface area contributed by atoms with Crippen molar-refractivity contribution < 1.29 is 10.2 Å². The van der Waals surface area contributed by atoms with Crippen LogP contribution in [-0.4, -0.2) is 22.4 Å². The summed E-state index contributed by atoms with van der Waals surface area (Å²) < 4.78 is 0. The van der Waals surface area contributed by atoms with E-state index in [1.165, 1.54) is 11.8 Å². The van der Waals surface area contributed by atoms with Gasteiger partial charge in [0.05, 0.1) is 12.2 Å². The Morgan fingerprint density at radius 3 is 1.27 bits per heavy atom. The van der Waals surface area contributed by atoms with Crippen LogP contribution in [0.15, 0.2) is 0 Å². The monoisotopic (exact) mass is 214 g/mol. The molecule has 0 amide bonds. The molecule has 0 bridgehead atoms. The highest BCUT2D eigenvalue weighted by molar-refractivity contribution is 5.15. The largest absolute Gasteiger partial charge is 0.393 e. The van der Waals surface area contributed by atoms with Crippen LogP contribution in [0.5, 0.6) is 0 Å². The molecular weight excluding hydrogens is 188 g/mol. The van der Waals surface area contributed by atoms with E-state index in [9.17, 15) is 10.2 Å². The predicted molar refractivity (Wildman–Crippen MR) is 64.2 cm³/mol. The van der Waals surface area contributed by atoms with Gasteiger partial charge in [-0.15, -0.1) is 0 Å². The summed E-state index contributed by atoms with van der Waals surface area (Å²) >= 11 is 0. The molecule has 0 saturated heterocycles. The molecule has 90 valence electrons. The Balaban J connectivity index is 4.90. The molecule has 2 unspecified atom stereocenters. The van der Waals surface area contributed by atoms with Crippen molar-refractivity contribution in [3.05, 3.63) is 11.8 Å².